The highest BCUT2D eigenvalue weighted by Crippen LogP contribution is 2.34. The maximum Gasteiger partial charge on any atom is 0.312 e. The summed E-state index contributed by atoms with van der Waals surface area (Å²) in [5.74, 6) is -2.86. The van der Waals surface area contributed by atoms with E-state index in [2.05, 4.69) is 0 Å². The first kappa shape index (κ1) is 17.1. The Morgan fingerprint density at radius 1 is 1.57 bits per heavy atom. The summed E-state index contributed by atoms with van der Waals surface area (Å²) in [4.78, 5) is 19.9. The molecule has 0 bridgehead atoms. The lowest BCUT2D eigenvalue weighted by atomic mass is 10.2. The smallest absolute Gasteiger partial charge is 0.312 e. The second-order valence-corrected chi connectivity index (χ2v) is 6.40. The molecule has 0 aliphatic rings. The topological polar surface area (TPSA) is 130 Å². The normalized spacial score (nSPS) is 12.7. The van der Waals surface area contributed by atoms with E-state index >= 15 is 0 Å². The Hall–Kier alpha value is -1.94. The van der Waals surface area contributed by atoms with Gasteiger partial charge in [0.2, 0.25) is 5.75 Å². The van der Waals surface area contributed by atoms with E-state index in [4.69, 9.17) is 21.2 Å². The number of amides is 1. The van der Waals surface area contributed by atoms with Crippen molar-refractivity contribution in [2.45, 2.75) is 24.3 Å². The Labute approximate surface area is 123 Å². The summed E-state index contributed by atoms with van der Waals surface area (Å²) in [5, 5.41) is 10.9. The summed E-state index contributed by atoms with van der Waals surface area (Å²) >= 11 is 0. The van der Waals surface area contributed by atoms with Crippen molar-refractivity contribution in [1.82, 2.24) is 0 Å². The van der Waals surface area contributed by atoms with Crippen molar-refractivity contribution < 1.29 is 27.3 Å². The molecule has 11 heteroatoms. The van der Waals surface area contributed by atoms with Crippen molar-refractivity contribution in [3.8, 4) is 5.75 Å². The molecule has 0 fully saturated rings. The van der Waals surface area contributed by atoms with Gasteiger partial charge in [0, 0.05) is 22.8 Å². The number of hydrogen-bond donors (Lipinski definition) is 1. The molecule has 0 aromatic heterocycles. The number of primary amides is 1. The van der Waals surface area contributed by atoms with Gasteiger partial charge in [-0.05, 0) is 6.42 Å². The Kier molecular flexibility index (Phi) is 5.07. The molecule has 0 spiro atoms. The average molecular weight is 341 g/mol. The average Bonchev–Trinajstić information content (AvgIpc) is 2.33. The number of halogens is 2. The lowest BCUT2D eigenvalue weighted by molar-refractivity contribution is -0.386. The molecule has 0 saturated carbocycles. The highest BCUT2D eigenvalue weighted by molar-refractivity contribution is 8.13. The Bertz CT molecular complexity index is 693. The van der Waals surface area contributed by atoms with E-state index in [1.165, 1.54) is 6.92 Å². The molecule has 0 aliphatic carbocycles. The largest absolute Gasteiger partial charge is 0.473 e. The number of nitrogens with two attached hydrogens (primary N) is 1. The molecular weight excluding hydrogens is 331 g/mol. The number of benzene rings is 1. The van der Waals surface area contributed by atoms with Gasteiger partial charge >= 0.3 is 5.69 Å². The van der Waals surface area contributed by atoms with Crippen LogP contribution in [0.5, 0.6) is 5.75 Å². The van der Waals surface area contributed by atoms with Crippen LogP contribution < -0.4 is 10.5 Å². The second-order valence-electron chi connectivity index (χ2n) is 3.86. The van der Waals surface area contributed by atoms with Crippen LogP contribution in [-0.2, 0) is 13.8 Å². The molecule has 0 aliphatic heterocycles. The molecule has 1 rings (SSSR count). The number of rotatable bonds is 6. The lowest BCUT2D eigenvalue weighted by Gasteiger charge is -2.14. The van der Waals surface area contributed by atoms with Gasteiger partial charge in [-0.15, -0.1) is 0 Å². The van der Waals surface area contributed by atoms with Crippen LogP contribution in [0, 0.1) is 15.9 Å². The van der Waals surface area contributed by atoms with E-state index in [0.717, 1.165) is 0 Å². The summed E-state index contributed by atoms with van der Waals surface area (Å²) in [7, 11) is 0.460. The van der Waals surface area contributed by atoms with Crippen LogP contribution >= 0.6 is 10.7 Å². The standard InChI is InChI=1S/C10H10ClFN2O6S/c1-2-7(10(13)15)20-8-3-5(12)9(21(11,18)19)4-6(8)14(16)17/h3-4,7H,2H2,1H3,(H2,13,15). The number of hydrogen-bond acceptors (Lipinski definition) is 6. The lowest BCUT2D eigenvalue weighted by Crippen LogP contribution is -2.33. The molecule has 2 N–H and O–H groups in total. The number of nitro benzene ring substituents is 1. The number of carbonyl (C=O) groups is 1. The summed E-state index contributed by atoms with van der Waals surface area (Å²) in [6.45, 7) is 1.52. The predicted molar refractivity (Wildman–Crippen MR) is 70.0 cm³/mol. The molecule has 1 atom stereocenters. The fourth-order valence-corrected chi connectivity index (χ4v) is 2.34. The minimum absolute atomic E-state index is 0.0870. The van der Waals surface area contributed by atoms with Gasteiger partial charge in [-0.3, -0.25) is 14.9 Å². The van der Waals surface area contributed by atoms with E-state index in [9.17, 15) is 27.7 Å². The summed E-state index contributed by atoms with van der Waals surface area (Å²) in [5.41, 5.74) is 4.16. The van der Waals surface area contributed by atoms with Crippen molar-refractivity contribution >= 4 is 31.3 Å². The molecule has 1 unspecified atom stereocenters. The molecular formula is C10H10ClFN2O6S. The van der Waals surface area contributed by atoms with E-state index < -0.39 is 48.1 Å². The van der Waals surface area contributed by atoms with Gasteiger partial charge in [-0.1, -0.05) is 6.92 Å². The molecule has 116 valence electrons. The number of nitro groups is 1. The third-order valence-corrected chi connectivity index (χ3v) is 3.77. The Morgan fingerprint density at radius 3 is 2.52 bits per heavy atom. The van der Waals surface area contributed by atoms with Crippen LogP contribution in [0.15, 0.2) is 17.0 Å². The van der Waals surface area contributed by atoms with E-state index in [-0.39, 0.29) is 6.42 Å². The molecule has 0 saturated heterocycles. The number of nitrogens with zero attached hydrogens (tertiary/aromatic N) is 1. The quantitative estimate of drug-likeness (QED) is 0.472. The van der Waals surface area contributed by atoms with Gasteiger partial charge in [0.05, 0.1) is 4.92 Å². The van der Waals surface area contributed by atoms with Crippen molar-refractivity contribution in [3.05, 3.63) is 28.1 Å². The maximum absolute atomic E-state index is 13.7. The highest BCUT2D eigenvalue weighted by atomic mass is 35.7. The monoisotopic (exact) mass is 340 g/mol. The molecule has 0 heterocycles. The van der Waals surface area contributed by atoms with Gasteiger partial charge in [-0.25, -0.2) is 12.8 Å². The maximum atomic E-state index is 13.7. The second kappa shape index (κ2) is 6.22. The summed E-state index contributed by atoms with van der Waals surface area (Å²) < 4.78 is 40.9. The minimum Gasteiger partial charge on any atom is -0.473 e. The van der Waals surface area contributed by atoms with Crippen LogP contribution in [-0.4, -0.2) is 25.4 Å². The van der Waals surface area contributed by atoms with Crippen LogP contribution in [0.25, 0.3) is 0 Å². The Balaban J connectivity index is 3.43. The van der Waals surface area contributed by atoms with Crippen molar-refractivity contribution in [1.29, 1.82) is 0 Å². The number of ether oxygens (including phenoxy) is 1. The van der Waals surface area contributed by atoms with Gasteiger partial charge in [0.1, 0.15) is 10.7 Å². The SMILES string of the molecule is CCC(Oc1cc(F)c(S(=O)(=O)Cl)cc1[N+](=O)[O-])C(N)=O. The van der Waals surface area contributed by atoms with Gasteiger partial charge in [0.25, 0.3) is 15.0 Å². The first-order valence-electron chi connectivity index (χ1n) is 5.46. The minimum atomic E-state index is -4.51. The van der Waals surface area contributed by atoms with E-state index in [1.54, 1.807) is 0 Å². The Morgan fingerprint density at radius 2 is 2.14 bits per heavy atom. The van der Waals surface area contributed by atoms with Gasteiger partial charge < -0.3 is 10.5 Å². The molecule has 21 heavy (non-hydrogen) atoms. The number of carbonyl (C=O) groups excluding carboxylic acids is 1. The van der Waals surface area contributed by atoms with Crippen LogP contribution in [0.3, 0.4) is 0 Å². The summed E-state index contributed by atoms with van der Waals surface area (Å²) in [6, 6.07) is 0.889. The summed E-state index contributed by atoms with van der Waals surface area (Å²) in [6.07, 6.45) is -1.13. The zero-order chi connectivity index (χ0) is 16.4. The fourth-order valence-electron chi connectivity index (χ4n) is 1.44. The van der Waals surface area contributed by atoms with Crippen LogP contribution in [0.2, 0.25) is 0 Å². The molecule has 8 nitrogen and oxygen atoms in total. The van der Waals surface area contributed by atoms with Crippen molar-refractivity contribution in [3.63, 3.8) is 0 Å². The van der Waals surface area contributed by atoms with E-state index in [1.807, 2.05) is 0 Å². The van der Waals surface area contributed by atoms with Crippen LogP contribution in [0.4, 0.5) is 10.1 Å². The van der Waals surface area contributed by atoms with Gasteiger partial charge in [-0.2, -0.15) is 0 Å². The van der Waals surface area contributed by atoms with E-state index in [0.29, 0.717) is 12.1 Å². The zero-order valence-corrected chi connectivity index (χ0v) is 12.1. The van der Waals surface area contributed by atoms with Crippen molar-refractivity contribution in [2.24, 2.45) is 5.73 Å². The van der Waals surface area contributed by atoms with Crippen LogP contribution in [0.1, 0.15) is 13.3 Å². The highest BCUT2D eigenvalue weighted by Gasteiger charge is 2.28. The third kappa shape index (κ3) is 4.02. The molecule has 1 aromatic rings. The first-order chi connectivity index (χ1) is 9.57. The molecule has 1 amide bonds. The predicted octanol–water partition coefficient (Wildman–Crippen LogP) is 1.30. The first-order valence-corrected chi connectivity index (χ1v) is 7.77. The van der Waals surface area contributed by atoms with Gasteiger partial charge in [0.15, 0.2) is 6.10 Å². The fraction of sp³-hybridized carbons (Fsp3) is 0.300. The molecule has 0 radical (unpaired) electrons. The van der Waals surface area contributed by atoms with Crippen molar-refractivity contribution in [2.75, 3.05) is 0 Å². The zero-order valence-electron chi connectivity index (χ0n) is 10.6. The third-order valence-electron chi connectivity index (χ3n) is 2.43. The molecule has 1 aromatic carbocycles.